The molecule has 2 aliphatic heterocycles. The third-order valence-corrected chi connectivity index (χ3v) is 3.36. The molecule has 12 heavy (non-hydrogen) atoms. The Morgan fingerprint density at radius 3 is 2.50 bits per heavy atom. The van der Waals surface area contributed by atoms with Crippen molar-refractivity contribution in [2.75, 3.05) is 32.7 Å². The highest BCUT2D eigenvalue weighted by molar-refractivity contribution is 4.82. The fourth-order valence-electron chi connectivity index (χ4n) is 2.23. The van der Waals surface area contributed by atoms with Gasteiger partial charge in [-0.05, 0) is 50.9 Å². The van der Waals surface area contributed by atoms with E-state index < -0.39 is 0 Å². The van der Waals surface area contributed by atoms with Crippen molar-refractivity contribution in [3.05, 3.63) is 0 Å². The molecule has 1 unspecified atom stereocenters. The van der Waals surface area contributed by atoms with E-state index in [1.54, 1.807) is 0 Å². The van der Waals surface area contributed by atoms with Crippen LogP contribution in [0.15, 0.2) is 0 Å². The van der Waals surface area contributed by atoms with E-state index in [2.05, 4.69) is 17.1 Å². The molecule has 2 aliphatic rings. The SMILES string of the molecule is CC(CN1CCCC1)C1CNC1. The first kappa shape index (κ1) is 8.52. The normalized spacial score (nSPS) is 28.8. The summed E-state index contributed by atoms with van der Waals surface area (Å²) in [6.45, 7) is 8.97. The minimum atomic E-state index is 0.907. The average Bonchev–Trinajstić information content (AvgIpc) is 2.34. The largest absolute Gasteiger partial charge is 0.316 e. The molecule has 2 heterocycles. The van der Waals surface area contributed by atoms with Gasteiger partial charge in [0.2, 0.25) is 0 Å². The Bertz CT molecular complexity index is 137. The molecule has 0 aliphatic carbocycles. The van der Waals surface area contributed by atoms with Gasteiger partial charge in [0.1, 0.15) is 0 Å². The zero-order chi connectivity index (χ0) is 8.39. The summed E-state index contributed by atoms with van der Waals surface area (Å²) in [6, 6.07) is 0. The second-order valence-corrected chi connectivity index (χ2v) is 4.40. The van der Waals surface area contributed by atoms with Crippen molar-refractivity contribution in [1.29, 1.82) is 0 Å². The summed E-state index contributed by atoms with van der Waals surface area (Å²) in [5.74, 6) is 1.87. The van der Waals surface area contributed by atoms with Crippen LogP contribution in [-0.2, 0) is 0 Å². The van der Waals surface area contributed by atoms with Crippen LogP contribution in [0.3, 0.4) is 0 Å². The molecular formula is C10H20N2. The van der Waals surface area contributed by atoms with Gasteiger partial charge in [0.05, 0.1) is 0 Å². The first-order valence-electron chi connectivity index (χ1n) is 5.29. The molecule has 0 aromatic rings. The van der Waals surface area contributed by atoms with Crippen molar-refractivity contribution in [3.63, 3.8) is 0 Å². The Labute approximate surface area is 75.3 Å². The van der Waals surface area contributed by atoms with Crippen molar-refractivity contribution in [2.45, 2.75) is 19.8 Å². The smallest absolute Gasteiger partial charge is 0.00106 e. The lowest BCUT2D eigenvalue weighted by Gasteiger charge is -2.34. The van der Waals surface area contributed by atoms with E-state index in [-0.39, 0.29) is 0 Å². The van der Waals surface area contributed by atoms with Gasteiger partial charge in [0.15, 0.2) is 0 Å². The highest BCUT2D eigenvalue weighted by atomic mass is 15.1. The standard InChI is InChI=1S/C10H20N2/c1-9(10-6-11-7-10)8-12-4-2-3-5-12/h9-11H,2-8H2,1H3. The summed E-state index contributed by atoms with van der Waals surface area (Å²) in [5.41, 5.74) is 0. The van der Waals surface area contributed by atoms with Crippen LogP contribution in [-0.4, -0.2) is 37.6 Å². The van der Waals surface area contributed by atoms with E-state index >= 15 is 0 Å². The maximum absolute atomic E-state index is 3.35. The summed E-state index contributed by atoms with van der Waals surface area (Å²) in [6.07, 6.45) is 2.85. The number of hydrogen-bond acceptors (Lipinski definition) is 2. The second kappa shape index (κ2) is 3.75. The van der Waals surface area contributed by atoms with Crippen LogP contribution in [0.4, 0.5) is 0 Å². The summed E-state index contributed by atoms with van der Waals surface area (Å²) in [5, 5.41) is 3.35. The lowest BCUT2D eigenvalue weighted by atomic mass is 9.89. The second-order valence-electron chi connectivity index (χ2n) is 4.40. The zero-order valence-corrected chi connectivity index (χ0v) is 8.05. The van der Waals surface area contributed by atoms with Gasteiger partial charge < -0.3 is 10.2 Å². The van der Waals surface area contributed by atoms with E-state index in [0.717, 1.165) is 11.8 Å². The van der Waals surface area contributed by atoms with E-state index in [1.807, 2.05) is 0 Å². The van der Waals surface area contributed by atoms with Crippen molar-refractivity contribution in [3.8, 4) is 0 Å². The minimum absolute atomic E-state index is 0.907. The molecule has 0 radical (unpaired) electrons. The molecule has 0 amide bonds. The molecular weight excluding hydrogens is 148 g/mol. The molecule has 2 heteroatoms. The fraction of sp³-hybridized carbons (Fsp3) is 1.00. The highest BCUT2D eigenvalue weighted by Gasteiger charge is 2.25. The predicted molar refractivity (Wildman–Crippen MR) is 51.2 cm³/mol. The Morgan fingerprint density at radius 1 is 1.33 bits per heavy atom. The van der Waals surface area contributed by atoms with Crippen LogP contribution in [0.5, 0.6) is 0 Å². The summed E-state index contributed by atoms with van der Waals surface area (Å²) < 4.78 is 0. The van der Waals surface area contributed by atoms with E-state index in [9.17, 15) is 0 Å². The van der Waals surface area contributed by atoms with Crippen LogP contribution in [0.25, 0.3) is 0 Å². The molecule has 2 nitrogen and oxygen atoms in total. The molecule has 1 atom stereocenters. The van der Waals surface area contributed by atoms with E-state index in [4.69, 9.17) is 0 Å². The third kappa shape index (κ3) is 1.80. The lowest BCUT2D eigenvalue weighted by Crippen LogP contribution is -2.47. The topological polar surface area (TPSA) is 15.3 Å². The number of nitrogens with zero attached hydrogens (tertiary/aromatic N) is 1. The molecule has 0 aromatic carbocycles. The lowest BCUT2D eigenvalue weighted by molar-refractivity contribution is 0.186. The van der Waals surface area contributed by atoms with Crippen LogP contribution < -0.4 is 5.32 Å². The Balaban J connectivity index is 1.69. The molecule has 2 fully saturated rings. The maximum atomic E-state index is 3.35. The Kier molecular flexibility index (Phi) is 2.66. The average molecular weight is 168 g/mol. The van der Waals surface area contributed by atoms with Gasteiger partial charge in [-0.3, -0.25) is 0 Å². The van der Waals surface area contributed by atoms with Crippen LogP contribution in [0, 0.1) is 11.8 Å². The van der Waals surface area contributed by atoms with Crippen molar-refractivity contribution in [1.82, 2.24) is 10.2 Å². The first-order valence-corrected chi connectivity index (χ1v) is 5.29. The Hall–Kier alpha value is -0.0800. The molecule has 1 N–H and O–H groups in total. The van der Waals surface area contributed by atoms with Gasteiger partial charge in [0, 0.05) is 6.54 Å². The molecule has 0 spiro atoms. The van der Waals surface area contributed by atoms with Gasteiger partial charge in [-0.25, -0.2) is 0 Å². The number of rotatable bonds is 3. The number of likely N-dealkylation sites (tertiary alicyclic amines) is 1. The molecule has 0 aromatic heterocycles. The first-order chi connectivity index (χ1) is 5.86. The predicted octanol–water partition coefficient (Wildman–Crippen LogP) is 0.938. The Morgan fingerprint density at radius 2 is 2.00 bits per heavy atom. The maximum Gasteiger partial charge on any atom is 0.00106 e. The van der Waals surface area contributed by atoms with Gasteiger partial charge in [-0.15, -0.1) is 0 Å². The van der Waals surface area contributed by atoms with Crippen LogP contribution >= 0.6 is 0 Å². The minimum Gasteiger partial charge on any atom is -0.316 e. The monoisotopic (exact) mass is 168 g/mol. The summed E-state index contributed by atoms with van der Waals surface area (Å²) in [4.78, 5) is 2.63. The van der Waals surface area contributed by atoms with Gasteiger partial charge in [-0.1, -0.05) is 6.92 Å². The number of nitrogens with one attached hydrogen (secondary N) is 1. The van der Waals surface area contributed by atoms with Gasteiger partial charge >= 0.3 is 0 Å². The molecule has 2 saturated heterocycles. The highest BCUT2D eigenvalue weighted by Crippen LogP contribution is 2.19. The molecule has 0 saturated carbocycles. The van der Waals surface area contributed by atoms with Gasteiger partial charge in [-0.2, -0.15) is 0 Å². The van der Waals surface area contributed by atoms with E-state index in [0.29, 0.717) is 0 Å². The quantitative estimate of drug-likeness (QED) is 0.674. The molecule has 70 valence electrons. The van der Waals surface area contributed by atoms with Crippen LogP contribution in [0.2, 0.25) is 0 Å². The van der Waals surface area contributed by atoms with E-state index in [1.165, 1.54) is 45.6 Å². The third-order valence-electron chi connectivity index (χ3n) is 3.36. The summed E-state index contributed by atoms with van der Waals surface area (Å²) in [7, 11) is 0. The summed E-state index contributed by atoms with van der Waals surface area (Å²) >= 11 is 0. The zero-order valence-electron chi connectivity index (χ0n) is 8.05. The van der Waals surface area contributed by atoms with Crippen molar-refractivity contribution in [2.24, 2.45) is 11.8 Å². The van der Waals surface area contributed by atoms with Crippen LogP contribution in [0.1, 0.15) is 19.8 Å². The van der Waals surface area contributed by atoms with Crippen molar-refractivity contribution >= 4 is 0 Å². The number of hydrogen-bond donors (Lipinski definition) is 1. The van der Waals surface area contributed by atoms with Crippen molar-refractivity contribution < 1.29 is 0 Å². The van der Waals surface area contributed by atoms with Gasteiger partial charge in [0.25, 0.3) is 0 Å². The molecule has 0 bridgehead atoms. The molecule has 2 rings (SSSR count). The fourth-order valence-corrected chi connectivity index (χ4v) is 2.23.